The first-order valence-electron chi connectivity index (χ1n) is 7.22. The van der Waals surface area contributed by atoms with Gasteiger partial charge in [-0.15, -0.1) is 0 Å². The standard InChI is InChI=1S/C14H26N2O2/c1-14(2)10-16(11-6-4-3-5-7-11)12(8-9-17)13(18)15-14/h11-12,17H,3-10H2,1-2H3,(H,15,18). The molecule has 104 valence electrons. The Hall–Kier alpha value is -0.610. The molecule has 1 unspecified atom stereocenters. The summed E-state index contributed by atoms with van der Waals surface area (Å²) in [7, 11) is 0. The van der Waals surface area contributed by atoms with E-state index >= 15 is 0 Å². The summed E-state index contributed by atoms with van der Waals surface area (Å²) in [6.45, 7) is 5.14. The maximum Gasteiger partial charge on any atom is 0.237 e. The van der Waals surface area contributed by atoms with Crippen molar-refractivity contribution < 1.29 is 9.90 Å². The lowest BCUT2D eigenvalue weighted by molar-refractivity contribution is -0.135. The van der Waals surface area contributed by atoms with Crippen LogP contribution in [0.2, 0.25) is 0 Å². The van der Waals surface area contributed by atoms with Gasteiger partial charge in [0.25, 0.3) is 0 Å². The Morgan fingerprint density at radius 1 is 1.33 bits per heavy atom. The molecule has 0 radical (unpaired) electrons. The van der Waals surface area contributed by atoms with Crippen molar-refractivity contribution in [2.24, 2.45) is 0 Å². The molecule has 1 atom stereocenters. The highest BCUT2D eigenvalue weighted by Crippen LogP contribution is 2.28. The van der Waals surface area contributed by atoms with Crippen LogP contribution >= 0.6 is 0 Å². The molecule has 2 rings (SSSR count). The van der Waals surface area contributed by atoms with Crippen LogP contribution in [0.25, 0.3) is 0 Å². The van der Waals surface area contributed by atoms with Gasteiger partial charge in [0.1, 0.15) is 0 Å². The molecule has 1 aliphatic heterocycles. The van der Waals surface area contributed by atoms with Crippen LogP contribution in [0.3, 0.4) is 0 Å². The van der Waals surface area contributed by atoms with Gasteiger partial charge in [0, 0.05) is 24.7 Å². The smallest absolute Gasteiger partial charge is 0.237 e. The molecule has 1 saturated heterocycles. The fourth-order valence-electron chi connectivity index (χ4n) is 3.39. The Balaban J connectivity index is 2.12. The lowest BCUT2D eigenvalue weighted by Crippen LogP contribution is -2.67. The molecule has 0 bridgehead atoms. The zero-order valence-corrected chi connectivity index (χ0v) is 11.6. The molecule has 4 nitrogen and oxygen atoms in total. The molecular weight excluding hydrogens is 228 g/mol. The van der Waals surface area contributed by atoms with E-state index < -0.39 is 0 Å². The lowest BCUT2D eigenvalue weighted by Gasteiger charge is -2.48. The van der Waals surface area contributed by atoms with Gasteiger partial charge in [0.15, 0.2) is 0 Å². The summed E-state index contributed by atoms with van der Waals surface area (Å²) >= 11 is 0. The van der Waals surface area contributed by atoms with Gasteiger partial charge in [-0.1, -0.05) is 19.3 Å². The molecular formula is C14H26N2O2. The van der Waals surface area contributed by atoms with Crippen LogP contribution in [0.1, 0.15) is 52.4 Å². The molecule has 2 fully saturated rings. The SMILES string of the molecule is CC1(C)CN(C2CCCCC2)C(CCO)C(=O)N1. The number of hydrogen-bond acceptors (Lipinski definition) is 3. The van der Waals surface area contributed by atoms with Crippen molar-refractivity contribution in [3.8, 4) is 0 Å². The molecule has 0 aromatic rings. The minimum atomic E-state index is -0.152. The minimum absolute atomic E-state index is 0.0851. The van der Waals surface area contributed by atoms with E-state index in [2.05, 4.69) is 24.1 Å². The van der Waals surface area contributed by atoms with Crippen molar-refractivity contribution in [1.29, 1.82) is 0 Å². The Labute approximate surface area is 110 Å². The van der Waals surface area contributed by atoms with Crippen LogP contribution in [0, 0.1) is 0 Å². The topological polar surface area (TPSA) is 52.6 Å². The molecule has 1 amide bonds. The van der Waals surface area contributed by atoms with E-state index in [9.17, 15) is 9.90 Å². The molecule has 1 heterocycles. The molecule has 4 heteroatoms. The average molecular weight is 254 g/mol. The first-order valence-corrected chi connectivity index (χ1v) is 7.22. The molecule has 0 aromatic carbocycles. The van der Waals surface area contributed by atoms with Crippen LogP contribution in [0.4, 0.5) is 0 Å². The number of aliphatic hydroxyl groups is 1. The molecule has 2 N–H and O–H groups in total. The number of rotatable bonds is 3. The second-order valence-electron chi connectivity index (χ2n) is 6.37. The zero-order valence-electron chi connectivity index (χ0n) is 11.6. The van der Waals surface area contributed by atoms with Crippen molar-refractivity contribution in [2.45, 2.75) is 70.0 Å². The molecule has 0 aromatic heterocycles. The summed E-state index contributed by atoms with van der Waals surface area (Å²) in [5.41, 5.74) is -0.152. The van der Waals surface area contributed by atoms with E-state index in [0.717, 1.165) is 6.54 Å². The third-order valence-electron chi connectivity index (χ3n) is 4.19. The number of hydrogen-bond donors (Lipinski definition) is 2. The average Bonchev–Trinajstić information content (AvgIpc) is 2.33. The Bertz CT molecular complexity index is 298. The Morgan fingerprint density at radius 2 is 2.00 bits per heavy atom. The molecule has 2 aliphatic rings. The van der Waals surface area contributed by atoms with Crippen molar-refractivity contribution in [3.63, 3.8) is 0 Å². The van der Waals surface area contributed by atoms with Gasteiger partial charge in [-0.25, -0.2) is 0 Å². The van der Waals surface area contributed by atoms with E-state index in [-0.39, 0.29) is 24.1 Å². The fourth-order valence-corrected chi connectivity index (χ4v) is 3.39. The quantitative estimate of drug-likeness (QED) is 0.798. The third-order valence-corrected chi connectivity index (χ3v) is 4.19. The minimum Gasteiger partial charge on any atom is -0.396 e. The zero-order chi connectivity index (χ0) is 13.2. The van der Waals surface area contributed by atoms with Gasteiger partial charge >= 0.3 is 0 Å². The molecule has 1 saturated carbocycles. The molecule has 1 aliphatic carbocycles. The predicted octanol–water partition coefficient (Wildman–Crippen LogP) is 1.28. The number of carbonyl (C=O) groups is 1. The van der Waals surface area contributed by atoms with Crippen LogP contribution in [0.15, 0.2) is 0 Å². The molecule has 18 heavy (non-hydrogen) atoms. The number of nitrogens with zero attached hydrogens (tertiary/aromatic N) is 1. The second-order valence-corrected chi connectivity index (χ2v) is 6.37. The van der Waals surface area contributed by atoms with Gasteiger partial charge < -0.3 is 10.4 Å². The summed E-state index contributed by atoms with van der Waals surface area (Å²) in [5.74, 6) is 0.0888. The van der Waals surface area contributed by atoms with E-state index in [1.165, 1.54) is 32.1 Å². The largest absolute Gasteiger partial charge is 0.396 e. The highest BCUT2D eigenvalue weighted by Gasteiger charge is 2.41. The van der Waals surface area contributed by atoms with Gasteiger partial charge in [0.05, 0.1) is 6.04 Å². The third kappa shape index (κ3) is 3.04. The van der Waals surface area contributed by atoms with Gasteiger partial charge in [-0.3, -0.25) is 9.69 Å². The van der Waals surface area contributed by atoms with Crippen LogP contribution in [0.5, 0.6) is 0 Å². The van der Waals surface area contributed by atoms with Crippen molar-refractivity contribution in [3.05, 3.63) is 0 Å². The monoisotopic (exact) mass is 254 g/mol. The second kappa shape index (κ2) is 5.57. The first kappa shape index (κ1) is 13.8. The maximum absolute atomic E-state index is 12.2. The highest BCUT2D eigenvalue weighted by molar-refractivity contribution is 5.83. The summed E-state index contributed by atoms with van der Waals surface area (Å²) < 4.78 is 0. The number of piperazine rings is 1. The van der Waals surface area contributed by atoms with Crippen molar-refractivity contribution in [1.82, 2.24) is 10.2 Å². The Morgan fingerprint density at radius 3 is 2.61 bits per heavy atom. The van der Waals surface area contributed by atoms with Crippen molar-refractivity contribution in [2.75, 3.05) is 13.2 Å². The predicted molar refractivity (Wildman–Crippen MR) is 71.3 cm³/mol. The number of aliphatic hydroxyl groups excluding tert-OH is 1. The van der Waals surface area contributed by atoms with Crippen LogP contribution in [-0.4, -0.2) is 46.7 Å². The van der Waals surface area contributed by atoms with E-state index in [4.69, 9.17) is 0 Å². The highest BCUT2D eigenvalue weighted by atomic mass is 16.3. The van der Waals surface area contributed by atoms with Gasteiger partial charge in [-0.05, 0) is 33.1 Å². The van der Waals surface area contributed by atoms with Crippen LogP contribution in [-0.2, 0) is 4.79 Å². The van der Waals surface area contributed by atoms with E-state index in [0.29, 0.717) is 12.5 Å². The summed E-state index contributed by atoms with van der Waals surface area (Å²) in [5, 5.41) is 12.2. The number of amides is 1. The first-order chi connectivity index (χ1) is 8.53. The summed E-state index contributed by atoms with van der Waals surface area (Å²) in [4.78, 5) is 14.5. The maximum atomic E-state index is 12.2. The number of carbonyl (C=O) groups excluding carboxylic acids is 1. The fraction of sp³-hybridized carbons (Fsp3) is 0.929. The summed E-state index contributed by atoms with van der Waals surface area (Å²) in [6.07, 6.45) is 6.82. The summed E-state index contributed by atoms with van der Waals surface area (Å²) in [6, 6.07) is 0.395. The Kier molecular flexibility index (Phi) is 4.28. The lowest BCUT2D eigenvalue weighted by atomic mass is 9.88. The van der Waals surface area contributed by atoms with Gasteiger partial charge in [-0.2, -0.15) is 0 Å². The van der Waals surface area contributed by atoms with Crippen molar-refractivity contribution >= 4 is 5.91 Å². The molecule has 0 spiro atoms. The van der Waals surface area contributed by atoms with Crippen LogP contribution < -0.4 is 5.32 Å². The normalized spacial score (nSPS) is 30.2. The van der Waals surface area contributed by atoms with Gasteiger partial charge in [0.2, 0.25) is 5.91 Å². The number of nitrogens with one attached hydrogen (secondary N) is 1. The van der Waals surface area contributed by atoms with E-state index in [1.807, 2.05) is 0 Å². The van der Waals surface area contributed by atoms with E-state index in [1.54, 1.807) is 0 Å².